The van der Waals surface area contributed by atoms with Gasteiger partial charge in [0.15, 0.2) is 0 Å². The Balaban J connectivity index is 1.53. The van der Waals surface area contributed by atoms with Crippen molar-refractivity contribution in [1.82, 2.24) is 0 Å². The molecule has 7 nitrogen and oxygen atoms in total. The first-order valence-electron chi connectivity index (χ1n) is 9.36. The van der Waals surface area contributed by atoms with Crippen LogP contribution in [0.15, 0.2) is 42.5 Å². The maximum Gasteiger partial charge on any atom is 0.229 e. The summed E-state index contributed by atoms with van der Waals surface area (Å²) in [6, 6.07) is 13.5. The molecule has 2 heterocycles. The molecule has 5 atom stereocenters. The number of fused-ring (bicyclic) bond motifs is 1. The molecule has 4 N–H and O–H groups in total. The van der Waals surface area contributed by atoms with E-state index in [1.54, 1.807) is 12.1 Å². The number of ether oxygens (including phenoxy) is 3. The van der Waals surface area contributed by atoms with E-state index in [0.29, 0.717) is 18.8 Å². The van der Waals surface area contributed by atoms with Gasteiger partial charge in [0.1, 0.15) is 35.9 Å². The van der Waals surface area contributed by atoms with Crippen LogP contribution in [-0.2, 0) is 17.6 Å². The first-order chi connectivity index (χ1) is 13.6. The van der Waals surface area contributed by atoms with Gasteiger partial charge in [0.2, 0.25) is 6.29 Å². The Hall–Kier alpha value is -2.16. The lowest BCUT2D eigenvalue weighted by molar-refractivity contribution is -0.277. The molecule has 28 heavy (non-hydrogen) atoms. The lowest BCUT2D eigenvalue weighted by Crippen LogP contribution is -2.60. The van der Waals surface area contributed by atoms with E-state index in [0.717, 1.165) is 23.3 Å². The Bertz CT molecular complexity index is 822. The van der Waals surface area contributed by atoms with E-state index in [2.05, 4.69) is 6.07 Å². The van der Waals surface area contributed by atoms with Gasteiger partial charge in [-0.25, -0.2) is 0 Å². The molecular weight excluding hydrogens is 364 g/mol. The van der Waals surface area contributed by atoms with Crippen LogP contribution >= 0.6 is 0 Å². The molecule has 0 aromatic heterocycles. The Morgan fingerprint density at radius 3 is 2.64 bits per heavy atom. The van der Waals surface area contributed by atoms with E-state index in [1.165, 1.54) is 5.56 Å². The molecule has 0 spiro atoms. The molecule has 0 bridgehead atoms. The quantitative estimate of drug-likeness (QED) is 0.587. The van der Waals surface area contributed by atoms with Crippen molar-refractivity contribution < 1.29 is 34.6 Å². The second-order valence-electron chi connectivity index (χ2n) is 7.14. The average Bonchev–Trinajstić information content (AvgIpc) is 3.17. The van der Waals surface area contributed by atoms with Gasteiger partial charge in [0, 0.05) is 12.8 Å². The highest BCUT2D eigenvalue weighted by atomic mass is 16.7. The number of benzene rings is 2. The van der Waals surface area contributed by atoms with E-state index in [9.17, 15) is 20.4 Å². The van der Waals surface area contributed by atoms with Gasteiger partial charge < -0.3 is 34.6 Å². The van der Waals surface area contributed by atoms with Gasteiger partial charge in [-0.2, -0.15) is 0 Å². The minimum absolute atomic E-state index is 0.496. The van der Waals surface area contributed by atoms with E-state index in [1.807, 2.05) is 24.3 Å². The average molecular weight is 388 g/mol. The molecule has 7 heteroatoms. The monoisotopic (exact) mass is 388 g/mol. The van der Waals surface area contributed by atoms with Crippen molar-refractivity contribution in [2.45, 2.75) is 43.5 Å². The topological polar surface area (TPSA) is 109 Å². The molecule has 2 aromatic rings. The van der Waals surface area contributed by atoms with Gasteiger partial charge in [-0.05, 0) is 28.8 Å². The van der Waals surface area contributed by atoms with Crippen LogP contribution in [0.4, 0.5) is 0 Å². The largest absolute Gasteiger partial charge is 0.493 e. The van der Waals surface area contributed by atoms with Gasteiger partial charge >= 0.3 is 0 Å². The highest BCUT2D eigenvalue weighted by Crippen LogP contribution is 2.30. The van der Waals surface area contributed by atoms with Gasteiger partial charge in [-0.1, -0.05) is 30.3 Å². The molecule has 1 fully saturated rings. The van der Waals surface area contributed by atoms with Crippen molar-refractivity contribution in [2.75, 3.05) is 13.2 Å². The van der Waals surface area contributed by atoms with E-state index in [-0.39, 0.29) is 0 Å². The first-order valence-corrected chi connectivity index (χ1v) is 9.36. The van der Waals surface area contributed by atoms with Crippen LogP contribution in [0.1, 0.15) is 16.7 Å². The van der Waals surface area contributed by atoms with Crippen molar-refractivity contribution in [3.63, 3.8) is 0 Å². The molecule has 2 aliphatic heterocycles. The highest BCUT2D eigenvalue weighted by molar-refractivity contribution is 5.43. The minimum atomic E-state index is -1.47. The van der Waals surface area contributed by atoms with Gasteiger partial charge in [0.05, 0.1) is 13.2 Å². The summed E-state index contributed by atoms with van der Waals surface area (Å²) in [5.41, 5.74) is 3.18. The van der Waals surface area contributed by atoms with Crippen molar-refractivity contribution >= 4 is 0 Å². The minimum Gasteiger partial charge on any atom is -0.493 e. The number of aliphatic hydroxyl groups is 4. The Labute approximate surface area is 162 Å². The molecular formula is C21H24O7. The summed E-state index contributed by atoms with van der Waals surface area (Å²) in [5, 5.41) is 39.4. The lowest BCUT2D eigenvalue weighted by atomic mass is 9.99. The van der Waals surface area contributed by atoms with E-state index in [4.69, 9.17) is 14.2 Å². The molecule has 0 radical (unpaired) electrons. The molecule has 0 unspecified atom stereocenters. The third kappa shape index (κ3) is 3.72. The van der Waals surface area contributed by atoms with Crippen LogP contribution in [0.3, 0.4) is 0 Å². The van der Waals surface area contributed by atoms with E-state index < -0.39 is 37.3 Å². The van der Waals surface area contributed by atoms with Gasteiger partial charge in [0.25, 0.3) is 0 Å². The maximum absolute atomic E-state index is 10.2. The van der Waals surface area contributed by atoms with Crippen LogP contribution in [0.2, 0.25) is 0 Å². The third-order valence-electron chi connectivity index (χ3n) is 5.21. The molecule has 0 saturated carbocycles. The second kappa shape index (κ2) is 8.06. The predicted octanol–water partition coefficient (Wildman–Crippen LogP) is 0.391. The fourth-order valence-corrected chi connectivity index (χ4v) is 3.62. The number of hydrogen-bond donors (Lipinski definition) is 4. The Morgan fingerprint density at radius 2 is 1.82 bits per heavy atom. The summed E-state index contributed by atoms with van der Waals surface area (Å²) in [7, 11) is 0. The predicted molar refractivity (Wildman–Crippen MR) is 99.3 cm³/mol. The summed E-state index contributed by atoms with van der Waals surface area (Å²) in [6.45, 7) is 0.208. The van der Waals surface area contributed by atoms with Crippen LogP contribution < -0.4 is 9.47 Å². The molecule has 1 saturated heterocycles. The van der Waals surface area contributed by atoms with Crippen LogP contribution in [0.25, 0.3) is 0 Å². The highest BCUT2D eigenvalue weighted by Gasteiger charge is 2.44. The van der Waals surface area contributed by atoms with E-state index >= 15 is 0 Å². The van der Waals surface area contributed by atoms with Crippen molar-refractivity contribution in [1.29, 1.82) is 0 Å². The normalized spacial score (nSPS) is 29.2. The molecule has 2 aliphatic rings. The molecule has 2 aromatic carbocycles. The molecule has 4 rings (SSSR count). The summed E-state index contributed by atoms with van der Waals surface area (Å²) in [6.07, 6.45) is -5.03. The lowest BCUT2D eigenvalue weighted by Gasteiger charge is -2.39. The second-order valence-corrected chi connectivity index (χ2v) is 7.14. The maximum atomic E-state index is 10.2. The van der Waals surface area contributed by atoms with Crippen molar-refractivity contribution in [2.24, 2.45) is 0 Å². The third-order valence-corrected chi connectivity index (χ3v) is 5.21. The molecule has 0 amide bonds. The fourth-order valence-electron chi connectivity index (χ4n) is 3.62. The zero-order valence-electron chi connectivity index (χ0n) is 15.3. The number of aliphatic hydroxyl groups excluding tert-OH is 4. The molecule has 150 valence electrons. The fraction of sp³-hybridized carbons (Fsp3) is 0.429. The summed E-state index contributed by atoms with van der Waals surface area (Å²) < 4.78 is 16.8. The Morgan fingerprint density at radius 1 is 1.00 bits per heavy atom. The number of rotatable bonds is 5. The zero-order valence-corrected chi connectivity index (χ0v) is 15.3. The zero-order chi connectivity index (χ0) is 19.7. The first kappa shape index (κ1) is 19.2. The number of hydrogen-bond acceptors (Lipinski definition) is 7. The van der Waals surface area contributed by atoms with Crippen LogP contribution in [-0.4, -0.2) is 64.3 Å². The van der Waals surface area contributed by atoms with Crippen LogP contribution in [0.5, 0.6) is 11.5 Å². The van der Waals surface area contributed by atoms with Crippen LogP contribution in [0, 0.1) is 0 Å². The summed E-state index contributed by atoms with van der Waals surface area (Å²) in [4.78, 5) is 0. The SMILES string of the molecule is OC[C@H]1O[C@@H](Oc2ccccc2Cc2ccc3c(c2)CCO3)[C@H](O)[C@@H](O)[C@@H]1O. The summed E-state index contributed by atoms with van der Waals surface area (Å²) in [5.74, 6) is 1.43. The number of para-hydroxylation sites is 1. The van der Waals surface area contributed by atoms with Crippen molar-refractivity contribution in [3.8, 4) is 11.5 Å². The Kier molecular flexibility index (Phi) is 5.52. The molecule has 0 aliphatic carbocycles. The van der Waals surface area contributed by atoms with Gasteiger partial charge in [-0.3, -0.25) is 0 Å². The standard InChI is InChI=1S/C21H24O7/c22-11-17-18(23)19(24)20(25)21(28-17)27-16-4-2-1-3-13(16)9-12-5-6-15-14(10-12)7-8-26-15/h1-6,10,17-25H,7-9,11H2/t17-,18-,19+,20-,21-/m1/s1. The smallest absolute Gasteiger partial charge is 0.229 e. The summed E-state index contributed by atoms with van der Waals surface area (Å²) >= 11 is 0. The van der Waals surface area contributed by atoms with Gasteiger partial charge in [-0.15, -0.1) is 0 Å². The van der Waals surface area contributed by atoms with Crippen molar-refractivity contribution in [3.05, 3.63) is 59.2 Å².